The second-order valence-electron chi connectivity index (χ2n) is 3.43. The molecule has 0 fully saturated rings. The summed E-state index contributed by atoms with van der Waals surface area (Å²) in [5, 5.41) is 5.76. The van der Waals surface area contributed by atoms with E-state index >= 15 is 0 Å². The van der Waals surface area contributed by atoms with Crippen molar-refractivity contribution in [2.75, 3.05) is 25.6 Å². The molecule has 0 aromatic carbocycles. The molecule has 0 saturated carbocycles. The number of H-pyrrole nitrogens is 2. The summed E-state index contributed by atoms with van der Waals surface area (Å²) in [6, 6.07) is 0. The highest BCUT2D eigenvalue weighted by atomic mass is 16.5. The maximum atomic E-state index is 11.4. The van der Waals surface area contributed by atoms with E-state index in [1.165, 1.54) is 7.11 Å². The van der Waals surface area contributed by atoms with Crippen LogP contribution >= 0.6 is 0 Å². The Kier molecular flexibility index (Phi) is 4.44. The first-order valence-electron chi connectivity index (χ1n) is 5.01. The van der Waals surface area contributed by atoms with E-state index in [1.54, 1.807) is 11.9 Å². The molecular weight excluding hydrogens is 228 g/mol. The molecule has 0 bridgehead atoms. The van der Waals surface area contributed by atoms with Crippen molar-refractivity contribution < 1.29 is 9.53 Å². The van der Waals surface area contributed by atoms with Gasteiger partial charge in [-0.2, -0.15) is 0 Å². The summed E-state index contributed by atoms with van der Waals surface area (Å²) >= 11 is 0. The molecule has 0 radical (unpaired) electrons. The lowest BCUT2D eigenvalue weighted by Crippen LogP contribution is -2.32. The molecule has 8 heteroatoms. The highest BCUT2D eigenvalue weighted by molar-refractivity contribution is 5.69. The monoisotopic (exact) mass is 242 g/mol. The summed E-state index contributed by atoms with van der Waals surface area (Å²) in [6.45, 7) is 0.456. The molecule has 1 heterocycles. The average molecular weight is 242 g/mol. The van der Waals surface area contributed by atoms with Crippen LogP contribution in [0, 0.1) is 0 Å². The lowest BCUT2D eigenvalue weighted by Gasteiger charge is -2.15. The van der Waals surface area contributed by atoms with Crippen molar-refractivity contribution in [1.29, 1.82) is 0 Å². The first-order chi connectivity index (χ1) is 8.04. The second-order valence-corrected chi connectivity index (χ2v) is 3.43. The predicted octanol–water partition coefficient (Wildman–Crippen LogP) is -1.15. The van der Waals surface area contributed by atoms with Crippen molar-refractivity contribution in [1.82, 2.24) is 15.2 Å². The van der Waals surface area contributed by atoms with Gasteiger partial charge in [0, 0.05) is 20.0 Å². The van der Waals surface area contributed by atoms with Gasteiger partial charge in [-0.25, -0.2) is 9.89 Å². The Labute approximate surface area is 96.6 Å². The molecule has 0 unspecified atom stereocenters. The number of nitrogens with zero attached hydrogens (tertiary/aromatic N) is 2. The van der Waals surface area contributed by atoms with E-state index in [9.17, 15) is 14.4 Å². The van der Waals surface area contributed by atoms with E-state index in [4.69, 9.17) is 0 Å². The zero-order valence-corrected chi connectivity index (χ0v) is 9.65. The van der Waals surface area contributed by atoms with Gasteiger partial charge < -0.3 is 9.64 Å². The number of aromatic nitrogens is 3. The molecule has 0 aliphatic heterocycles. The maximum Gasteiger partial charge on any atom is 0.342 e. The summed E-state index contributed by atoms with van der Waals surface area (Å²) in [6.07, 6.45) is 0.797. The van der Waals surface area contributed by atoms with Crippen LogP contribution in [0.5, 0.6) is 0 Å². The summed E-state index contributed by atoms with van der Waals surface area (Å²) in [5.41, 5.74) is -1.21. The third kappa shape index (κ3) is 3.74. The number of carbonyl (C=O) groups excluding carboxylic acids is 1. The highest BCUT2D eigenvalue weighted by Crippen LogP contribution is 2.00. The Morgan fingerprint density at radius 3 is 2.76 bits per heavy atom. The molecule has 8 nitrogen and oxygen atoms in total. The topological polar surface area (TPSA) is 108 Å². The fourth-order valence-electron chi connectivity index (χ4n) is 1.27. The van der Waals surface area contributed by atoms with E-state index in [2.05, 4.69) is 19.9 Å². The van der Waals surface area contributed by atoms with E-state index in [0.717, 1.165) is 0 Å². The van der Waals surface area contributed by atoms with Gasteiger partial charge in [-0.3, -0.25) is 14.6 Å². The molecule has 0 aliphatic carbocycles. The van der Waals surface area contributed by atoms with Crippen molar-refractivity contribution in [3.05, 3.63) is 20.8 Å². The van der Waals surface area contributed by atoms with E-state index in [1.807, 2.05) is 0 Å². The second kappa shape index (κ2) is 5.83. The van der Waals surface area contributed by atoms with Gasteiger partial charge in [0.25, 0.3) is 5.56 Å². The van der Waals surface area contributed by atoms with Crippen LogP contribution in [0.4, 0.5) is 5.82 Å². The minimum atomic E-state index is -0.651. The van der Waals surface area contributed by atoms with Crippen LogP contribution in [-0.4, -0.2) is 41.9 Å². The number of anilines is 1. The van der Waals surface area contributed by atoms with Gasteiger partial charge in [0.1, 0.15) is 0 Å². The first kappa shape index (κ1) is 12.9. The van der Waals surface area contributed by atoms with Gasteiger partial charge in [-0.15, -0.1) is 5.10 Å². The van der Waals surface area contributed by atoms with E-state index in [-0.39, 0.29) is 18.2 Å². The Hall–Kier alpha value is -2.12. The van der Waals surface area contributed by atoms with Crippen LogP contribution in [0.1, 0.15) is 12.8 Å². The lowest BCUT2D eigenvalue weighted by molar-refractivity contribution is -0.140. The number of carbonyl (C=O) groups is 1. The van der Waals surface area contributed by atoms with Crippen molar-refractivity contribution in [2.24, 2.45) is 0 Å². The van der Waals surface area contributed by atoms with Crippen LogP contribution in [0.25, 0.3) is 0 Å². The van der Waals surface area contributed by atoms with Gasteiger partial charge in [-0.1, -0.05) is 0 Å². The fraction of sp³-hybridized carbons (Fsp3) is 0.556. The Balaban J connectivity index is 2.58. The standard InChI is InChI=1S/C9H14N4O4/c1-13(5-3-4-6(14)17-2)7-8(15)10-9(16)12-11-7/h3-5H2,1-2H3,(H2,10,12,15,16). The van der Waals surface area contributed by atoms with Crippen LogP contribution in [-0.2, 0) is 9.53 Å². The SMILES string of the molecule is COC(=O)CCCN(C)c1n[nH]c(=O)[nH]c1=O. The lowest BCUT2D eigenvalue weighted by atomic mass is 10.3. The van der Waals surface area contributed by atoms with Crippen LogP contribution in [0.3, 0.4) is 0 Å². The third-order valence-electron chi connectivity index (χ3n) is 2.16. The number of rotatable bonds is 5. The van der Waals surface area contributed by atoms with E-state index < -0.39 is 11.2 Å². The Morgan fingerprint density at radius 2 is 2.18 bits per heavy atom. The number of hydrogen-bond donors (Lipinski definition) is 2. The number of ether oxygens (including phenoxy) is 1. The molecule has 17 heavy (non-hydrogen) atoms. The number of hydrogen-bond acceptors (Lipinski definition) is 6. The molecular formula is C9H14N4O4. The number of methoxy groups -OCH3 is 1. The third-order valence-corrected chi connectivity index (χ3v) is 2.16. The number of aromatic amines is 2. The van der Waals surface area contributed by atoms with Gasteiger partial charge in [0.05, 0.1) is 7.11 Å². The van der Waals surface area contributed by atoms with Gasteiger partial charge in [-0.05, 0) is 6.42 Å². The molecule has 1 aromatic heterocycles. The van der Waals surface area contributed by atoms with Crippen molar-refractivity contribution in [3.63, 3.8) is 0 Å². The predicted molar refractivity (Wildman–Crippen MR) is 60.0 cm³/mol. The van der Waals surface area contributed by atoms with E-state index in [0.29, 0.717) is 13.0 Å². The highest BCUT2D eigenvalue weighted by Gasteiger charge is 2.09. The van der Waals surface area contributed by atoms with Crippen LogP contribution in [0.2, 0.25) is 0 Å². The molecule has 0 spiro atoms. The van der Waals surface area contributed by atoms with Crippen LogP contribution in [0.15, 0.2) is 9.59 Å². The molecule has 1 rings (SSSR count). The molecule has 0 saturated heterocycles. The summed E-state index contributed by atoms with van der Waals surface area (Å²) in [7, 11) is 2.97. The minimum Gasteiger partial charge on any atom is -0.469 e. The summed E-state index contributed by atoms with van der Waals surface area (Å²) in [5.74, 6) is -0.198. The molecule has 1 aromatic rings. The van der Waals surface area contributed by atoms with Gasteiger partial charge >= 0.3 is 11.7 Å². The smallest absolute Gasteiger partial charge is 0.342 e. The quantitative estimate of drug-likeness (QED) is 0.631. The number of nitrogens with one attached hydrogen (secondary N) is 2. The van der Waals surface area contributed by atoms with Gasteiger partial charge in [0.15, 0.2) is 0 Å². The molecule has 2 N–H and O–H groups in total. The largest absolute Gasteiger partial charge is 0.469 e. The average Bonchev–Trinajstić information content (AvgIpc) is 2.28. The van der Waals surface area contributed by atoms with Gasteiger partial charge in [0.2, 0.25) is 5.82 Å². The zero-order valence-electron chi connectivity index (χ0n) is 9.65. The van der Waals surface area contributed by atoms with Crippen LogP contribution < -0.4 is 16.1 Å². The normalized spacial score (nSPS) is 10.0. The van der Waals surface area contributed by atoms with Crippen molar-refractivity contribution >= 4 is 11.8 Å². The Bertz CT molecular complexity index is 492. The zero-order chi connectivity index (χ0) is 12.8. The summed E-state index contributed by atoms with van der Waals surface area (Å²) in [4.78, 5) is 36.6. The summed E-state index contributed by atoms with van der Waals surface area (Å²) < 4.78 is 4.49. The Morgan fingerprint density at radius 1 is 1.47 bits per heavy atom. The number of esters is 1. The molecule has 0 amide bonds. The van der Waals surface area contributed by atoms with Crippen molar-refractivity contribution in [2.45, 2.75) is 12.8 Å². The fourth-order valence-corrected chi connectivity index (χ4v) is 1.27. The molecule has 0 atom stereocenters. The van der Waals surface area contributed by atoms with Crippen molar-refractivity contribution in [3.8, 4) is 0 Å². The minimum absolute atomic E-state index is 0.106. The molecule has 94 valence electrons. The maximum absolute atomic E-state index is 11.4. The first-order valence-corrected chi connectivity index (χ1v) is 5.01. The molecule has 0 aliphatic rings.